The van der Waals surface area contributed by atoms with Crippen LogP contribution in [-0.2, 0) is 11.3 Å². The van der Waals surface area contributed by atoms with Gasteiger partial charge < -0.3 is 9.30 Å². The standard InChI is InChI=1S/C12H13Cl2NO3/c1-7-8(2)15(5-4-10(13)14)11(9(7)6-16)12(17)18-3/h4,6H,5H2,1-3H3. The third-order valence-electron chi connectivity index (χ3n) is 2.80. The number of carbonyl (C=O) groups excluding carboxylic acids is 2. The maximum Gasteiger partial charge on any atom is 0.355 e. The first-order valence-electron chi connectivity index (χ1n) is 5.18. The summed E-state index contributed by atoms with van der Waals surface area (Å²) in [5.41, 5.74) is 2.08. The van der Waals surface area contributed by atoms with E-state index in [0.717, 1.165) is 11.3 Å². The normalized spacial score (nSPS) is 10.1. The molecule has 1 aromatic rings. The van der Waals surface area contributed by atoms with Crippen molar-refractivity contribution in [3.8, 4) is 0 Å². The fourth-order valence-corrected chi connectivity index (χ4v) is 1.88. The summed E-state index contributed by atoms with van der Waals surface area (Å²) < 4.78 is 6.44. The van der Waals surface area contributed by atoms with Gasteiger partial charge in [-0.25, -0.2) is 4.79 Å². The number of halogens is 2. The van der Waals surface area contributed by atoms with E-state index in [1.807, 2.05) is 6.92 Å². The van der Waals surface area contributed by atoms with Crippen LogP contribution in [0.25, 0.3) is 0 Å². The van der Waals surface area contributed by atoms with Crippen LogP contribution in [0.1, 0.15) is 32.1 Å². The Kier molecular flexibility index (Phi) is 4.99. The van der Waals surface area contributed by atoms with Gasteiger partial charge in [-0.15, -0.1) is 0 Å². The molecule has 18 heavy (non-hydrogen) atoms. The van der Waals surface area contributed by atoms with Gasteiger partial charge in [0.2, 0.25) is 0 Å². The summed E-state index contributed by atoms with van der Waals surface area (Å²) in [5.74, 6) is -0.563. The molecule has 98 valence electrons. The Bertz CT molecular complexity index is 514. The van der Waals surface area contributed by atoms with E-state index in [0.29, 0.717) is 18.4 Å². The molecule has 4 nitrogen and oxygen atoms in total. The molecule has 1 rings (SSSR count). The highest BCUT2D eigenvalue weighted by Gasteiger charge is 2.22. The minimum atomic E-state index is -0.563. The van der Waals surface area contributed by atoms with Gasteiger partial charge in [0, 0.05) is 12.2 Å². The second-order valence-electron chi connectivity index (χ2n) is 3.69. The van der Waals surface area contributed by atoms with Gasteiger partial charge in [0.15, 0.2) is 6.29 Å². The lowest BCUT2D eigenvalue weighted by atomic mass is 10.1. The summed E-state index contributed by atoms with van der Waals surface area (Å²) in [4.78, 5) is 22.8. The zero-order chi connectivity index (χ0) is 13.9. The molecule has 0 saturated carbocycles. The van der Waals surface area contributed by atoms with E-state index in [2.05, 4.69) is 4.74 Å². The molecule has 0 aromatic carbocycles. The second-order valence-corrected chi connectivity index (χ2v) is 4.69. The molecule has 1 aromatic heterocycles. The highest BCUT2D eigenvalue weighted by Crippen LogP contribution is 2.22. The largest absolute Gasteiger partial charge is 0.464 e. The zero-order valence-corrected chi connectivity index (χ0v) is 11.8. The molecule has 0 saturated heterocycles. The number of aromatic nitrogens is 1. The predicted molar refractivity (Wildman–Crippen MR) is 70.4 cm³/mol. The van der Waals surface area contributed by atoms with Gasteiger partial charge in [-0.05, 0) is 25.5 Å². The Morgan fingerprint density at radius 1 is 1.39 bits per heavy atom. The van der Waals surface area contributed by atoms with Crippen LogP contribution in [0.3, 0.4) is 0 Å². The lowest BCUT2D eigenvalue weighted by molar-refractivity contribution is 0.0586. The average Bonchev–Trinajstić information content (AvgIpc) is 2.58. The molecule has 0 unspecified atom stereocenters. The van der Waals surface area contributed by atoms with Crippen LogP contribution in [0.15, 0.2) is 10.6 Å². The third-order valence-corrected chi connectivity index (χ3v) is 3.11. The zero-order valence-electron chi connectivity index (χ0n) is 10.3. The van der Waals surface area contributed by atoms with Gasteiger partial charge in [0.05, 0.1) is 12.7 Å². The van der Waals surface area contributed by atoms with Crippen molar-refractivity contribution in [1.82, 2.24) is 4.57 Å². The van der Waals surface area contributed by atoms with Crippen LogP contribution in [0.4, 0.5) is 0 Å². The second kappa shape index (κ2) is 6.07. The predicted octanol–water partition coefficient (Wildman–Crippen LogP) is 3.02. The maximum absolute atomic E-state index is 11.7. The van der Waals surface area contributed by atoms with Crippen molar-refractivity contribution >= 4 is 35.5 Å². The molecule has 0 aliphatic rings. The summed E-state index contributed by atoms with van der Waals surface area (Å²) >= 11 is 11.1. The number of esters is 1. The summed E-state index contributed by atoms with van der Waals surface area (Å²) in [6.07, 6.45) is 2.19. The number of nitrogens with zero attached hydrogens (tertiary/aromatic N) is 1. The number of hydrogen-bond acceptors (Lipinski definition) is 3. The van der Waals surface area contributed by atoms with E-state index in [9.17, 15) is 9.59 Å². The SMILES string of the molecule is COC(=O)c1c(C=O)c(C)c(C)n1CC=C(Cl)Cl. The van der Waals surface area contributed by atoms with Gasteiger partial charge in [-0.1, -0.05) is 23.2 Å². The molecule has 0 bridgehead atoms. The molecule has 0 aliphatic carbocycles. The van der Waals surface area contributed by atoms with Crippen LogP contribution in [0, 0.1) is 13.8 Å². The van der Waals surface area contributed by atoms with Gasteiger partial charge >= 0.3 is 5.97 Å². The Balaban J connectivity index is 3.43. The maximum atomic E-state index is 11.7. The lowest BCUT2D eigenvalue weighted by Crippen LogP contribution is -2.13. The van der Waals surface area contributed by atoms with Crippen LogP contribution in [0.5, 0.6) is 0 Å². The molecule has 0 atom stereocenters. The first kappa shape index (κ1) is 14.8. The van der Waals surface area contributed by atoms with Crippen molar-refractivity contribution in [2.75, 3.05) is 7.11 Å². The van der Waals surface area contributed by atoms with E-state index in [-0.39, 0.29) is 10.2 Å². The Morgan fingerprint density at radius 2 is 2.00 bits per heavy atom. The van der Waals surface area contributed by atoms with Gasteiger partial charge in [0.1, 0.15) is 10.2 Å². The smallest absolute Gasteiger partial charge is 0.355 e. The molecule has 0 aliphatic heterocycles. The molecule has 0 amide bonds. The van der Waals surface area contributed by atoms with Crippen LogP contribution in [0.2, 0.25) is 0 Å². The van der Waals surface area contributed by atoms with Crippen LogP contribution in [-0.4, -0.2) is 23.9 Å². The van der Waals surface area contributed by atoms with Gasteiger partial charge in [0.25, 0.3) is 0 Å². The van der Waals surface area contributed by atoms with E-state index < -0.39 is 5.97 Å². The monoisotopic (exact) mass is 289 g/mol. The van der Waals surface area contributed by atoms with E-state index in [1.54, 1.807) is 11.5 Å². The minimum Gasteiger partial charge on any atom is -0.464 e. The van der Waals surface area contributed by atoms with Crippen LogP contribution >= 0.6 is 23.2 Å². The fraction of sp³-hybridized carbons (Fsp3) is 0.333. The van der Waals surface area contributed by atoms with E-state index in [1.165, 1.54) is 13.2 Å². The molecule has 1 heterocycles. The van der Waals surface area contributed by atoms with Crippen molar-refractivity contribution in [3.05, 3.63) is 33.1 Å². The van der Waals surface area contributed by atoms with E-state index in [4.69, 9.17) is 23.2 Å². The van der Waals surface area contributed by atoms with Gasteiger partial charge in [-0.3, -0.25) is 4.79 Å². The van der Waals surface area contributed by atoms with Crippen molar-refractivity contribution in [2.45, 2.75) is 20.4 Å². The highest BCUT2D eigenvalue weighted by molar-refractivity contribution is 6.55. The van der Waals surface area contributed by atoms with Gasteiger partial charge in [-0.2, -0.15) is 0 Å². The summed E-state index contributed by atoms with van der Waals surface area (Å²) in [5, 5.41) is 0. The van der Waals surface area contributed by atoms with Crippen molar-refractivity contribution < 1.29 is 14.3 Å². The number of methoxy groups -OCH3 is 1. The first-order chi connectivity index (χ1) is 8.43. The summed E-state index contributed by atoms with van der Waals surface area (Å²) in [7, 11) is 1.27. The quantitative estimate of drug-likeness (QED) is 0.632. The lowest BCUT2D eigenvalue weighted by Gasteiger charge is -2.08. The number of hydrogen-bond donors (Lipinski definition) is 0. The van der Waals surface area contributed by atoms with Crippen molar-refractivity contribution in [3.63, 3.8) is 0 Å². The number of aldehydes is 1. The minimum absolute atomic E-state index is 0.101. The molecule has 0 spiro atoms. The van der Waals surface area contributed by atoms with Crippen molar-refractivity contribution in [2.24, 2.45) is 0 Å². The molecule has 0 radical (unpaired) electrons. The fourth-order valence-electron chi connectivity index (χ4n) is 1.74. The Morgan fingerprint density at radius 3 is 2.44 bits per heavy atom. The Labute approximate surface area is 115 Å². The third kappa shape index (κ3) is 2.76. The highest BCUT2D eigenvalue weighted by atomic mass is 35.5. The summed E-state index contributed by atoms with van der Waals surface area (Å²) in [6.45, 7) is 3.88. The molecular formula is C12H13Cl2NO3. The molecule has 0 N–H and O–H groups in total. The van der Waals surface area contributed by atoms with Crippen LogP contribution < -0.4 is 0 Å². The Hall–Kier alpha value is -1.26. The number of rotatable bonds is 4. The summed E-state index contributed by atoms with van der Waals surface area (Å²) in [6, 6.07) is 0. The number of allylic oxidation sites excluding steroid dienone is 1. The first-order valence-corrected chi connectivity index (χ1v) is 5.94. The topological polar surface area (TPSA) is 48.3 Å². The number of carbonyl (C=O) groups is 2. The number of ether oxygens (including phenoxy) is 1. The molecule has 6 heteroatoms. The molecule has 0 fully saturated rings. The average molecular weight is 290 g/mol. The van der Waals surface area contributed by atoms with E-state index >= 15 is 0 Å². The molecular weight excluding hydrogens is 277 g/mol. The van der Waals surface area contributed by atoms with Crippen molar-refractivity contribution in [1.29, 1.82) is 0 Å².